The molecule has 0 N–H and O–H groups in total. The molecule has 1 heterocycles. The van der Waals surface area contributed by atoms with Crippen LogP contribution in [0.3, 0.4) is 0 Å². The van der Waals surface area contributed by atoms with Gasteiger partial charge in [0.05, 0.1) is 31.4 Å². The lowest BCUT2D eigenvalue weighted by atomic mass is 9.83. The maximum atomic E-state index is 13.3. The molecule has 3 rings (SSSR count). The number of carbonyl (C=O) groups is 3. The molecule has 2 aromatic rings. The summed E-state index contributed by atoms with van der Waals surface area (Å²) in [6.45, 7) is 10.7. The predicted octanol–water partition coefficient (Wildman–Crippen LogP) is 5.59. The summed E-state index contributed by atoms with van der Waals surface area (Å²) in [5.41, 5.74) is 4.55. The van der Waals surface area contributed by atoms with Crippen LogP contribution in [0.15, 0.2) is 59.8 Å². The fourth-order valence-corrected chi connectivity index (χ4v) is 4.23. The van der Waals surface area contributed by atoms with Crippen molar-refractivity contribution >= 4 is 17.8 Å². The van der Waals surface area contributed by atoms with Gasteiger partial charge in [0.1, 0.15) is 0 Å². The first kappa shape index (κ1) is 26.2. The highest BCUT2D eigenvalue weighted by Crippen LogP contribution is 2.38. The van der Waals surface area contributed by atoms with Gasteiger partial charge in [0, 0.05) is 18.0 Å². The molecule has 1 aliphatic rings. The molecule has 0 aliphatic carbocycles. The van der Waals surface area contributed by atoms with E-state index in [4.69, 9.17) is 9.47 Å². The average Bonchev–Trinajstić information content (AvgIpc) is 2.84. The minimum Gasteiger partial charge on any atom is -0.465 e. The van der Waals surface area contributed by atoms with Crippen LogP contribution < -0.4 is 0 Å². The molecule has 0 saturated heterocycles. The monoisotopic (exact) mass is 477 g/mol. The molecule has 1 aliphatic heterocycles. The second kappa shape index (κ2) is 11.3. The van der Waals surface area contributed by atoms with Gasteiger partial charge in [0.15, 0.2) is 0 Å². The molecule has 6 nitrogen and oxygen atoms in total. The molecule has 0 spiro atoms. The van der Waals surface area contributed by atoms with E-state index in [1.165, 1.54) is 12.7 Å². The van der Waals surface area contributed by atoms with Crippen LogP contribution in [-0.4, -0.2) is 36.5 Å². The number of nitrogens with zero attached hydrogens (tertiary/aromatic N) is 1. The van der Waals surface area contributed by atoms with E-state index in [1.54, 1.807) is 36.1 Å². The Morgan fingerprint density at radius 2 is 1.60 bits per heavy atom. The molecule has 1 atom stereocenters. The van der Waals surface area contributed by atoms with E-state index in [0.29, 0.717) is 35.9 Å². The maximum absolute atomic E-state index is 13.3. The molecule has 0 aromatic heterocycles. The van der Waals surface area contributed by atoms with Gasteiger partial charge in [0.25, 0.3) is 0 Å². The molecule has 186 valence electrons. The van der Waals surface area contributed by atoms with Crippen molar-refractivity contribution < 1.29 is 23.9 Å². The second-order valence-corrected chi connectivity index (χ2v) is 9.74. The third-order valence-corrected chi connectivity index (χ3v) is 6.31. The highest BCUT2D eigenvalue weighted by molar-refractivity contribution is 5.96. The van der Waals surface area contributed by atoms with Crippen LogP contribution >= 0.6 is 0 Å². The number of rotatable bonds is 8. The Bertz CT molecular complexity index is 1100. The van der Waals surface area contributed by atoms with Crippen molar-refractivity contribution in [1.29, 1.82) is 0 Å². The quantitative estimate of drug-likeness (QED) is 0.464. The zero-order chi connectivity index (χ0) is 25.7. The summed E-state index contributed by atoms with van der Waals surface area (Å²) in [5, 5.41) is 0. The van der Waals surface area contributed by atoms with Gasteiger partial charge >= 0.3 is 11.9 Å². The normalized spacial score (nSPS) is 16.2. The Kier molecular flexibility index (Phi) is 8.49. The molecule has 6 heteroatoms. The number of allylic oxidation sites excluding steroid dienone is 1. The number of amides is 1. The molecule has 1 amide bonds. The molecule has 0 fully saturated rings. The highest BCUT2D eigenvalue weighted by atomic mass is 16.5. The molecule has 0 saturated carbocycles. The van der Waals surface area contributed by atoms with Crippen molar-refractivity contribution in [3.8, 4) is 0 Å². The molecular formula is C29H35NO5. The van der Waals surface area contributed by atoms with Gasteiger partial charge in [-0.15, -0.1) is 0 Å². The summed E-state index contributed by atoms with van der Waals surface area (Å²) in [6.07, 6.45) is 0.185. The first-order valence-corrected chi connectivity index (χ1v) is 12.1. The average molecular weight is 478 g/mol. The SMILES string of the molecule is COC(=O)c1ccc(CN2C(=O)CC(c3ccc(C(C)C)cc3)C(C(=O)OCC(C)C)=C2C)cc1. The van der Waals surface area contributed by atoms with Gasteiger partial charge in [-0.1, -0.05) is 64.1 Å². The van der Waals surface area contributed by atoms with E-state index < -0.39 is 5.97 Å². The number of hydrogen-bond donors (Lipinski definition) is 0. The summed E-state index contributed by atoms with van der Waals surface area (Å²) < 4.78 is 10.4. The Labute approximate surface area is 207 Å². The first-order valence-electron chi connectivity index (χ1n) is 12.1. The van der Waals surface area contributed by atoms with E-state index in [1.807, 2.05) is 26.0 Å². The minimum absolute atomic E-state index is 0.0575. The number of esters is 2. The second-order valence-electron chi connectivity index (χ2n) is 9.74. The molecule has 1 unspecified atom stereocenters. The van der Waals surface area contributed by atoms with Gasteiger partial charge in [-0.2, -0.15) is 0 Å². The molecule has 0 radical (unpaired) electrons. The van der Waals surface area contributed by atoms with Crippen LogP contribution in [0.5, 0.6) is 0 Å². The number of carbonyl (C=O) groups excluding carboxylic acids is 3. The van der Waals surface area contributed by atoms with Crippen molar-refractivity contribution in [2.24, 2.45) is 5.92 Å². The maximum Gasteiger partial charge on any atom is 0.337 e. The fourth-order valence-electron chi connectivity index (χ4n) is 4.23. The van der Waals surface area contributed by atoms with E-state index in [2.05, 4.69) is 26.0 Å². The molecule has 2 aromatic carbocycles. The molecular weight excluding hydrogens is 442 g/mol. The number of benzene rings is 2. The summed E-state index contributed by atoms with van der Waals surface area (Å²) >= 11 is 0. The van der Waals surface area contributed by atoms with Crippen molar-refractivity contribution in [3.05, 3.63) is 82.1 Å². The third kappa shape index (κ3) is 6.18. The lowest BCUT2D eigenvalue weighted by Crippen LogP contribution is -2.38. The molecule has 35 heavy (non-hydrogen) atoms. The van der Waals surface area contributed by atoms with Crippen molar-refractivity contribution in [2.45, 2.75) is 59.4 Å². The van der Waals surface area contributed by atoms with Gasteiger partial charge < -0.3 is 14.4 Å². The largest absolute Gasteiger partial charge is 0.465 e. The van der Waals surface area contributed by atoms with Gasteiger partial charge in [-0.3, -0.25) is 4.79 Å². The van der Waals surface area contributed by atoms with Crippen LogP contribution in [0.25, 0.3) is 0 Å². The van der Waals surface area contributed by atoms with Gasteiger partial charge in [0.2, 0.25) is 5.91 Å². The van der Waals surface area contributed by atoms with Crippen LogP contribution in [0.2, 0.25) is 0 Å². The van der Waals surface area contributed by atoms with Crippen molar-refractivity contribution in [2.75, 3.05) is 13.7 Å². The fraction of sp³-hybridized carbons (Fsp3) is 0.414. The van der Waals surface area contributed by atoms with Crippen LogP contribution in [-0.2, 0) is 25.6 Å². The number of methoxy groups -OCH3 is 1. The lowest BCUT2D eigenvalue weighted by Gasteiger charge is -2.34. The Morgan fingerprint density at radius 3 is 2.14 bits per heavy atom. The Hall–Kier alpha value is -3.41. The Balaban J connectivity index is 1.96. The Morgan fingerprint density at radius 1 is 0.971 bits per heavy atom. The van der Waals surface area contributed by atoms with Crippen LogP contribution in [0.4, 0.5) is 0 Å². The van der Waals surface area contributed by atoms with E-state index >= 15 is 0 Å². The highest BCUT2D eigenvalue weighted by Gasteiger charge is 2.37. The van der Waals surface area contributed by atoms with Crippen LogP contribution in [0.1, 0.15) is 79.9 Å². The summed E-state index contributed by atoms with van der Waals surface area (Å²) in [7, 11) is 1.34. The van der Waals surface area contributed by atoms with Crippen LogP contribution in [0, 0.1) is 5.92 Å². The lowest BCUT2D eigenvalue weighted by molar-refractivity contribution is -0.141. The predicted molar refractivity (Wildman–Crippen MR) is 135 cm³/mol. The zero-order valence-electron chi connectivity index (χ0n) is 21.5. The standard InChI is InChI=1S/C29H35NO5/c1-18(2)17-35-29(33)27-20(5)30(16-21-7-9-24(10-8-21)28(32)34-6)26(31)15-25(27)23-13-11-22(12-14-23)19(3)4/h7-14,18-19,25H,15-17H2,1-6H3. The van der Waals surface area contributed by atoms with E-state index in [0.717, 1.165) is 11.1 Å². The minimum atomic E-state index is -0.414. The topological polar surface area (TPSA) is 72.9 Å². The summed E-state index contributed by atoms with van der Waals surface area (Å²) in [6, 6.07) is 15.1. The first-order chi connectivity index (χ1) is 16.6. The van der Waals surface area contributed by atoms with E-state index in [-0.39, 0.29) is 30.1 Å². The summed E-state index contributed by atoms with van der Waals surface area (Å²) in [4.78, 5) is 39.9. The van der Waals surface area contributed by atoms with E-state index in [9.17, 15) is 14.4 Å². The smallest absolute Gasteiger partial charge is 0.337 e. The zero-order valence-corrected chi connectivity index (χ0v) is 21.5. The summed E-state index contributed by atoms with van der Waals surface area (Å²) in [5.74, 6) is -0.612. The van der Waals surface area contributed by atoms with Crippen molar-refractivity contribution in [3.63, 3.8) is 0 Å². The molecule has 0 bridgehead atoms. The van der Waals surface area contributed by atoms with Crippen molar-refractivity contribution in [1.82, 2.24) is 4.90 Å². The number of ether oxygens (including phenoxy) is 2. The number of hydrogen-bond acceptors (Lipinski definition) is 5. The van der Waals surface area contributed by atoms with Gasteiger partial charge in [-0.25, -0.2) is 9.59 Å². The third-order valence-electron chi connectivity index (χ3n) is 6.31. The van der Waals surface area contributed by atoms with Gasteiger partial charge in [-0.05, 0) is 47.6 Å².